The normalized spacial score (nSPS) is 38.9. The molecule has 2 fully saturated rings. The fourth-order valence-corrected chi connectivity index (χ4v) is 2.38. The minimum atomic E-state index is -0.151. The molecule has 0 aliphatic heterocycles. The van der Waals surface area contributed by atoms with E-state index >= 15 is 0 Å². The largest absolute Gasteiger partial charge is 0.297 e. The topological polar surface area (TPSA) is 35.8 Å². The van der Waals surface area contributed by atoms with E-state index in [9.17, 15) is 5.26 Å². The maximum atomic E-state index is 9.19. The quantitative estimate of drug-likeness (QED) is 0.719. The van der Waals surface area contributed by atoms with Gasteiger partial charge in [0.25, 0.3) is 0 Å². The van der Waals surface area contributed by atoms with Crippen LogP contribution in [0.5, 0.6) is 0 Å². The van der Waals surface area contributed by atoms with Crippen LogP contribution in [-0.2, 0) is 0 Å². The molecule has 2 aliphatic rings. The standard InChI is InChI=1S/C11H18N2/c1-2-9-5-6-11(7-9,8-12)13-10-3-4-10/h9-10,13H,2-7H2,1H3. The monoisotopic (exact) mass is 178 g/mol. The average molecular weight is 178 g/mol. The number of nitrogens with zero attached hydrogens (tertiary/aromatic N) is 1. The van der Waals surface area contributed by atoms with Crippen LogP contribution >= 0.6 is 0 Å². The number of hydrogen-bond acceptors (Lipinski definition) is 2. The van der Waals surface area contributed by atoms with Gasteiger partial charge in [0.1, 0.15) is 5.54 Å². The lowest BCUT2D eigenvalue weighted by Crippen LogP contribution is -2.42. The molecule has 2 aliphatic carbocycles. The molecule has 0 amide bonds. The van der Waals surface area contributed by atoms with Gasteiger partial charge in [0.05, 0.1) is 6.07 Å². The number of nitrogens with one attached hydrogen (secondary N) is 1. The smallest absolute Gasteiger partial charge is 0.107 e. The highest BCUT2D eigenvalue weighted by atomic mass is 15.0. The molecule has 2 heteroatoms. The highest BCUT2D eigenvalue weighted by molar-refractivity contribution is 5.13. The zero-order valence-corrected chi connectivity index (χ0v) is 8.34. The van der Waals surface area contributed by atoms with E-state index in [0.717, 1.165) is 18.8 Å². The second kappa shape index (κ2) is 3.31. The molecule has 2 atom stereocenters. The van der Waals surface area contributed by atoms with E-state index < -0.39 is 0 Å². The fraction of sp³-hybridized carbons (Fsp3) is 0.909. The Morgan fingerprint density at radius 1 is 1.46 bits per heavy atom. The van der Waals surface area contributed by atoms with Gasteiger partial charge < -0.3 is 0 Å². The van der Waals surface area contributed by atoms with Gasteiger partial charge in [-0.1, -0.05) is 13.3 Å². The van der Waals surface area contributed by atoms with Gasteiger partial charge in [0, 0.05) is 6.04 Å². The molecule has 0 saturated heterocycles. The van der Waals surface area contributed by atoms with Gasteiger partial charge in [-0.2, -0.15) is 5.26 Å². The lowest BCUT2D eigenvalue weighted by Gasteiger charge is -2.22. The van der Waals surface area contributed by atoms with Crippen molar-refractivity contribution in [2.45, 2.75) is 57.0 Å². The highest BCUT2D eigenvalue weighted by Gasteiger charge is 2.41. The Hall–Kier alpha value is -0.550. The molecule has 2 saturated carbocycles. The van der Waals surface area contributed by atoms with Gasteiger partial charge in [-0.25, -0.2) is 0 Å². The van der Waals surface area contributed by atoms with E-state index in [4.69, 9.17) is 0 Å². The van der Waals surface area contributed by atoms with E-state index in [0.29, 0.717) is 6.04 Å². The van der Waals surface area contributed by atoms with Crippen LogP contribution in [0.25, 0.3) is 0 Å². The van der Waals surface area contributed by atoms with Crippen LogP contribution in [0.15, 0.2) is 0 Å². The molecule has 72 valence electrons. The summed E-state index contributed by atoms with van der Waals surface area (Å²) in [6.45, 7) is 2.23. The van der Waals surface area contributed by atoms with Crippen molar-refractivity contribution in [3.8, 4) is 6.07 Å². The van der Waals surface area contributed by atoms with Crippen LogP contribution in [0.3, 0.4) is 0 Å². The molecular weight excluding hydrogens is 160 g/mol. The molecule has 0 aromatic carbocycles. The predicted molar refractivity (Wildman–Crippen MR) is 52.1 cm³/mol. The molecular formula is C11H18N2. The van der Waals surface area contributed by atoms with E-state index in [1.165, 1.54) is 25.7 Å². The summed E-state index contributed by atoms with van der Waals surface area (Å²) in [7, 11) is 0. The van der Waals surface area contributed by atoms with Crippen molar-refractivity contribution in [3.05, 3.63) is 0 Å². The summed E-state index contributed by atoms with van der Waals surface area (Å²) < 4.78 is 0. The summed E-state index contributed by atoms with van der Waals surface area (Å²) >= 11 is 0. The van der Waals surface area contributed by atoms with Gasteiger partial charge in [0.2, 0.25) is 0 Å². The minimum absolute atomic E-state index is 0.151. The van der Waals surface area contributed by atoms with Crippen molar-refractivity contribution < 1.29 is 0 Å². The van der Waals surface area contributed by atoms with E-state index in [-0.39, 0.29) is 5.54 Å². The third kappa shape index (κ3) is 1.86. The molecule has 2 unspecified atom stereocenters. The van der Waals surface area contributed by atoms with Crippen LogP contribution < -0.4 is 5.32 Å². The second-order valence-corrected chi connectivity index (χ2v) is 4.63. The maximum absolute atomic E-state index is 9.19. The first-order valence-corrected chi connectivity index (χ1v) is 5.47. The Kier molecular flexibility index (Phi) is 2.29. The second-order valence-electron chi connectivity index (χ2n) is 4.63. The molecule has 2 nitrogen and oxygen atoms in total. The van der Waals surface area contributed by atoms with Crippen LogP contribution in [0.2, 0.25) is 0 Å². The maximum Gasteiger partial charge on any atom is 0.107 e. The highest BCUT2D eigenvalue weighted by Crippen LogP contribution is 2.38. The Bertz CT molecular complexity index is 227. The third-order valence-electron chi connectivity index (χ3n) is 3.47. The first-order valence-electron chi connectivity index (χ1n) is 5.47. The van der Waals surface area contributed by atoms with Gasteiger partial charge in [0.15, 0.2) is 0 Å². The van der Waals surface area contributed by atoms with Crippen molar-refractivity contribution in [1.82, 2.24) is 5.32 Å². The van der Waals surface area contributed by atoms with Gasteiger partial charge in [-0.3, -0.25) is 5.32 Å². The SMILES string of the molecule is CCC1CCC(C#N)(NC2CC2)C1. The number of nitriles is 1. The first-order chi connectivity index (χ1) is 6.28. The summed E-state index contributed by atoms with van der Waals surface area (Å²) in [6.07, 6.45) is 7.18. The van der Waals surface area contributed by atoms with Crippen molar-refractivity contribution in [1.29, 1.82) is 5.26 Å². The lowest BCUT2D eigenvalue weighted by atomic mass is 9.96. The molecule has 13 heavy (non-hydrogen) atoms. The molecule has 0 aromatic heterocycles. The lowest BCUT2D eigenvalue weighted by molar-refractivity contribution is 0.396. The Labute approximate surface area is 80.3 Å². The number of hydrogen-bond donors (Lipinski definition) is 1. The van der Waals surface area contributed by atoms with E-state index in [1.807, 2.05) is 0 Å². The molecule has 0 bridgehead atoms. The van der Waals surface area contributed by atoms with E-state index in [1.54, 1.807) is 0 Å². The predicted octanol–water partition coefficient (Wildman–Crippen LogP) is 2.21. The summed E-state index contributed by atoms with van der Waals surface area (Å²) in [5, 5.41) is 12.7. The Balaban J connectivity index is 1.96. The molecule has 0 spiro atoms. The van der Waals surface area contributed by atoms with Crippen molar-refractivity contribution in [3.63, 3.8) is 0 Å². The fourth-order valence-electron chi connectivity index (χ4n) is 2.38. The first kappa shape index (κ1) is 9.02. The Morgan fingerprint density at radius 2 is 2.23 bits per heavy atom. The molecule has 1 N–H and O–H groups in total. The number of rotatable bonds is 3. The molecule has 0 aromatic rings. The van der Waals surface area contributed by atoms with Crippen molar-refractivity contribution in [2.24, 2.45) is 5.92 Å². The average Bonchev–Trinajstić information content (AvgIpc) is 2.85. The van der Waals surface area contributed by atoms with E-state index in [2.05, 4.69) is 18.3 Å². The molecule has 0 radical (unpaired) electrons. The third-order valence-corrected chi connectivity index (χ3v) is 3.47. The zero-order valence-electron chi connectivity index (χ0n) is 8.34. The van der Waals surface area contributed by atoms with Gasteiger partial charge in [-0.15, -0.1) is 0 Å². The van der Waals surface area contributed by atoms with Crippen LogP contribution in [0, 0.1) is 17.2 Å². The minimum Gasteiger partial charge on any atom is -0.297 e. The Morgan fingerprint density at radius 3 is 2.69 bits per heavy atom. The summed E-state index contributed by atoms with van der Waals surface area (Å²) in [5.41, 5.74) is -0.151. The van der Waals surface area contributed by atoms with Crippen molar-refractivity contribution >= 4 is 0 Å². The summed E-state index contributed by atoms with van der Waals surface area (Å²) in [5.74, 6) is 0.783. The van der Waals surface area contributed by atoms with Crippen molar-refractivity contribution in [2.75, 3.05) is 0 Å². The van der Waals surface area contributed by atoms with Crippen LogP contribution in [0.4, 0.5) is 0 Å². The zero-order chi connectivity index (χ0) is 9.31. The summed E-state index contributed by atoms with van der Waals surface area (Å²) in [6, 6.07) is 3.16. The van der Waals surface area contributed by atoms with Gasteiger partial charge >= 0.3 is 0 Å². The summed E-state index contributed by atoms with van der Waals surface area (Å²) in [4.78, 5) is 0. The van der Waals surface area contributed by atoms with Gasteiger partial charge in [-0.05, 0) is 38.0 Å². The van der Waals surface area contributed by atoms with Crippen LogP contribution in [-0.4, -0.2) is 11.6 Å². The van der Waals surface area contributed by atoms with Crippen LogP contribution in [0.1, 0.15) is 45.4 Å². The molecule has 0 heterocycles. The molecule has 2 rings (SSSR count).